The molecule has 0 saturated heterocycles. The van der Waals surface area contributed by atoms with E-state index in [1.165, 1.54) is 69.8 Å². The lowest BCUT2D eigenvalue weighted by atomic mass is 9.71. The van der Waals surface area contributed by atoms with E-state index in [0.717, 1.165) is 30.8 Å². The molecule has 3 rings (SSSR count). The second-order valence-electron chi connectivity index (χ2n) is 8.72. The van der Waals surface area contributed by atoms with E-state index in [2.05, 4.69) is 13.8 Å². The first kappa shape index (κ1) is 20.7. The highest BCUT2D eigenvalue weighted by molar-refractivity contribution is 5.25. The molecule has 152 valence electrons. The number of hydrogen-bond donors (Lipinski definition) is 0. The summed E-state index contributed by atoms with van der Waals surface area (Å²) in [5, 5.41) is 0. The highest BCUT2D eigenvalue weighted by atomic mass is 17.2. The Balaban J connectivity index is 1.28. The Kier molecular flexibility index (Phi) is 8.47. The zero-order chi connectivity index (χ0) is 18.9. The van der Waals surface area contributed by atoms with Crippen LogP contribution in [0.4, 0.5) is 0 Å². The summed E-state index contributed by atoms with van der Waals surface area (Å²) in [6.07, 6.45) is 13.6. The fourth-order valence-corrected chi connectivity index (χ4v) is 4.74. The largest absolute Gasteiger partial charge is 0.378 e. The molecule has 0 radical (unpaired) electrons. The van der Waals surface area contributed by atoms with E-state index in [9.17, 15) is 0 Å². The summed E-state index contributed by atoms with van der Waals surface area (Å²) < 4.78 is 6.03. The molecule has 1 aromatic carbocycles. The van der Waals surface area contributed by atoms with Gasteiger partial charge in [-0.1, -0.05) is 31.0 Å². The van der Waals surface area contributed by atoms with Crippen LogP contribution >= 0.6 is 0 Å². The molecular formula is C24H38O3. The van der Waals surface area contributed by atoms with E-state index >= 15 is 0 Å². The summed E-state index contributed by atoms with van der Waals surface area (Å²) >= 11 is 0. The molecule has 0 aromatic heterocycles. The Labute approximate surface area is 165 Å². The van der Waals surface area contributed by atoms with Crippen molar-refractivity contribution in [1.82, 2.24) is 0 Å². The number of ether oxygens (including phenoxy) is 1. The van der Waals surface area contributed by atoms with Crippen molar-refractivity contribution in [2.45, 2.75) is 84.2 Å². The molecule has 1 aromatic rings. The third kappa shape index (κ3) is 6.80. The van der Waals surface area contributed by atoms with Crippen molar-refractivity contribution in [3.63, 3.8) is 0 Å². The lowest BCUT2D eigenvalue weighted by Crippen LogP contribution is -2.29. The van der Waals surface area contributed by atoms with Crippen molar-refractivity contribution >= 4 is 0 Å². The fraction of sp³-hybridized carbons (Fsp3) is 0.750. The molecule has 2 saturated carbocycles. The smallest absolute Gasteiger partial charge is 0.165 e. The molecule has 3 heteroatoms. The first-order valence-electron chi connectivity index (χ1n) is 11.2. The van der Waals surface area contributed by atoms with Gasteiger partial charge in [-0.15, -0.1) is 0 Å². The first-order valence-corrected chi connectivity index (χ1v) is 11.2. The molecule has 0 atom stereocenters. The Morgan fingerprint density at radius 2 is 1.48 bits per heavy atom. The summed E-state index contributed by atoms with van der Waals surface area (Å²) in [6, 6.07) is 8.03. The zero-order valence-electron chi connectivity index (χ0n) is 17.3. The van der Waals surface area contributed by atoms with Crippen molar-refractivity contribution in [3.8, 4) is 5.75 Å². The van der Waals surface area contributed by atoms with Crippen LogP contribution < -0.4 is 4.89 Å². The minimum absolute atomic E-state index is 0.538. The molecule has 3 nitrogen and oxygen atoms in total. The fourth-order valence-electron chi connectivity index (χ4n) is 4.74. The van der Waals surface area contributed by atoms with Gasteiger partial charge in [-0.3, -0.25) is 0 Å². The van der Waals surface area contributed by atoms with Gasteiger partial charge in [0.1, 0.15) is 0 Å². The van der Waals surface area contributed by atoms with Gasteiger partial charge in [0.05, 0.1) is 12.7 Å². The molecule has 2 aliphatic rings. The highest BCUT2D eigenvalue weighted by Crippen LogP contribution is 2.40. The maximum Gasteiger partial charge on any atom is 0.165 e. The topological polar surface area (TPSA) is 27.7 Å². The number of hydrogen-bond acceptors (Lipinski definition) is 3. The molecule has 0 bridgehead atoms. The van der Waals surface area contributed by atoms with Crippen LogP contribution in [-0.4, -0.2) is 19.3 Å². The summed E-state index contributed by atoms with van der Waals surface area (Å²) in [5.41, 5.74) is 1.24. The maximum absolute atomic E-state index is 6.03. The van der Waals surface area contributed by atoms with Crippen LogP contribution in [-0.2, 0) is 9.62 Å². The van der Waals surface area contributed by atoms with Crippen LogP contribution in [0.3, 0.4) is 0 Å². The van der Waals surface area contributed by atoms with Gasteiger partial charge in [0, 0.05) is 6.61 Å². The summed E-state index contributed by atoms with van der Waals surface area (Å²) in [6.45, 7) is 5.99. The summed E-state index contributed by atoms with van der Waals surface area (Å²) in [4.78, 5) is 11.0. The SMILES string of the molecule is CCCCOC1CCC(C2CCC(COOc3ccc(C)cc3)CC2)CC1. The number of rotatable bonds is 9. The van der Waals surface area contributed by atoms with Gasteiger partial charge in [0.25, 0.3) is 0 Å². The average Bonchev–Trinajstić information content (AvgIpc) is 2.71. The molecule has 0 amide bonds. The molecule has 2 fully saturated rings. The second-order valence-corrected chi connectivity index (χ2v) is 8.72. The average molecular weight is 375 g/mol. The van der Waals surface area contributed by atoms with Gasteiger partial charge in [0.2, 0.25) is 0 Å². The van der Waals surface area contributed by atoms with Crippen LogP contribution in [0.5, 0.6) is 5.75 Å². The van der Waals surface area contributed by atoms with Crippen LogP contribution in [0.1, 0.15) is 76.7 Å². The monoisotopic (exact) mass is 374 g/mol. The minimum Gasteiger partial charge on any atom is -0.378 e. The van der Waals surface area contributed by atoms with E-state index in [4.69, 9.17) is 14.5 Å². The molecule has 0 spiro atoms. The van der Waals surface area contributed by atoms with E-state index < -0.39 is 0 Å². The summed E-state index contributed by atoms with van der Waals surface area (Å²) in [7, 11) is 0. The first-order chi connectivity index (χ1) is 13.2. The van der Waals surface area contributed by atoms with Crippen molar-refractivity contribution in [2.24, 2.45) is 17.8 Å². The minimum atomic E-state index is 0.538. The van der Waals surface area contributed by atoms with Gasteiger partial charge in [-0.05, 0) is 94.6 Å². The predicted molar refractivity (Wildman–Crippen MR) is 110 cm³/mol. The van der Waals surface area contributed by atoms with Crippen LogP contribution in [0.15, 0.2) is 24.3 Å². The Morgan fingerprint density at radius 1 is 0.852 bits per heavy atom. The summed E-state index contributed by atoms with van der Waals surface area (Å²) in [5.74, 6) is 3.31. The molecule has 0 heterocycles. The van der Waals surface area contributed by atoms with E-state index in [1.807, 2.05) is 24.3 Å². The lowest BCUT2D eigenvalue weighted by molar-refractivity contribution is -0.218. The van der Waals surface area contributed by atoms with Gasteiger partial charge in [-0.2, -0.15) is 4.89 Å². The molecule has 0 unspecified atom stereocenters. The Morgan fingerprint density at radius 3 is 2.11 bits per heavy atom. The zero-order valence-corrected chi connectivity index (χ0v) is 17.3. The van der Waals surface area contributed by atoms with Gasteiger partial charge in [-0.25, -0.2) is 0 Å². The van der Waals surface area contributed by atoms with E-state index in [0.29, 0.717) is 12.0 Å². The molecule has 27 heavy (non-hydrogen) atoms. The normalized spacial score (nSPS) is 28.8. The van der Waals surface area contributed by atoms with Crippen LogP contribution in [0.25, 0.3) is 0 Å². The Bertz CT molecular complexity index is 511. The van der Waals surface area contributed by atoms with Crippen molar-refractivity contribution in [3.05, 3.63) is 29.8 Å². The van der Waals surface area contributed by atoms with Gasteiger partial charge < -0.3 is 9.62 Å². The van der Waals surface area contributed by atoms with Crippen LogP contribution in [0.2, 0.25) is 0 Å². The molecule has 2 aliphatic carbocycles. The quantitative estimate of drug-likeness (QED) is 0.281. The third-order valence-corrected chi connectivity index (χ3v) is 6.61. The second kappa shape index (κ2) is 11.1. The van der Waals surface area contributed by atoms with Crippen molar-refractivity contribution in [2.75, 3.05) is 13.2 Å². The molecule has 0 aliphatic heterocycles. The number of benzene rings is 1. The van der Waals surface area contributed by atoms with Crippen LogP contribution in [0, 0.1) is 24.7 Å². The standard InChI is InChI=1S/C24H38O3/c1-3-4-17-25-23-15-11-22(12-16-23)21-9-7-20(8-10-21)18-26-27-24-13-5-19(2)6-14-24/h5-6,13-14,20-23H,3-4,7-12,15-18H2,1-2H3. The Hall–Kier alpha value is -1.06. The molecule has 0 N–H and O–H groups in total. The van der Waals surface area contributed by atoms with Gasteiger partial charge in [0.15, 0.2) is 5.75 Å². The predicted octanol–water partition coefficient (Wildman–Crippen LogP) is 6.49. The van der Waals surface area contributed by atoms with Crippen molar-refractivity contribution in [1.29, 1.82) is 0 Å². The number of aryl methyl sites for hydroxylation is 1. The highest BCUT2D eigenvalue weighted by Gasteiger charge is 2.31. The lowest BCUT2D eigenvalue weighted by Gasteiger charge is -2.37. The van der Waals surface area contributed by atoms with E-state index in [1.54, 1.807) is 0 Å². The van der Waals surface area contributed by atoms with Gasteiger partial charge >= 0.3 is 0 Å². The van der Waals surface area contributed by atoms with Crippen molar-refractivity contribution < 1.29 is 14.5 Å². The van der Waals surface area contributed by atoms with E-state index in [-0.39, 0.29) is 0 Å². The maximum atomic E-state index is 6.03. The third-order valence-electron chi connectivity index (χ3n) is 6.61. The molecular weight excluding hydrogens is 336 g/mol. The number of unbranched alkanes of at least 4 members (excludes halogenated alkanes) is 1.